The number of carbonyl (C=O) groups is 2. The van der Waals surface area contributed by atoms with E-state index in [-0.39, 0.29) is 25.6 Å². The summed E-state index contributed by atoms with van der Waals surface area (Å²) >= 11 is 0. The molecule has 0 aromatic heterocycles. The van der Waals surface area contributed by atoms with Gasteiger partial charge in [0, 0.05) is 12.8 Å². The zero-order chi connectivity index (χ0) is 47.1. The molecule has 0 spiro atoms. The molecule has 10 heteroatoms. The molecule has 0 aromatic carbocycles. The summed E-state index contributed by atoms with van der Waals surface area (Å²) in [5.74, 6) is -0.796. The van der Waals surface area contributed by atoms with Crippen molar-refractivity contribution in [3.63, 3.8) is 0 Å². The van der Waals surface area contributed by atoms with E-state index in [2.05, 4.69) is 74.6 Å². The van der Waals surface area contributed by atoms with Gasteiger partial charge in [-0.1, -0.05) is 209 Å². The van der Waals surface area contributed by atoms with Gasteiger partial charge in [-0.2, -0.15) is 0 Å². The Morgan fingerprint density at radius 3 is 1.33 bits per heavy atom. The van der Waals surface area contributed by atoms with Crippen molar-refractivity contribution in [2.75, 3.05) is 47.5 Å². The van der Waals surface area contributed by atoms with Crippen molar-refractivity contribution in [2.45, 2.75) is 225 Å². The summed E-state index contributed by atoms with van der Waals surface area (Å²) < 4.78 is 34.4. The Morgan fingerprint density at radius 1 is 0.500 bits per heavy atom. The highest BCUT2D eigenvalue weighted by Gasteiger charge is 2.27. The molecule has 2 atom stereocenters. The third kappa shape index (κ3) is 49.2. The third-order valence-electron chi connectivity index (χ3n) is 11.1. The standard InChI is InChI=1S/C54H98NO8P/c1-6-8-10-12-14-16-18-19-20-21-22-23-24-25-26-27-28-29-30-31-32-33-34-35-37-39-41-43-45-47-54(57)63-52(51-62-64(58,59)61-49-48-55(3,4)5)50-60-53(56)46-44-42-40-38-36-17-15-13-11-9-7-2/h8,10,14,16,19-20,22-23,25-26,52H,6-7,9,11-13,15,17-18,21,24,27-51H2,1-5H3/p+1/b10-8-,16-14-,20-19-,23-22-,26-25-. The van der Waals surface area contributed by atoms with Crippen LogP contribution in [0.15, 0.2) is 60.8 Å². The van der Waals surface area contributed by atoms with Crippen LogP contribution in [0.3, 0.4) is 0 Å². The van der Waals surface area contributed by atoms with Gasteiger partial charge in [-0.05, 0) is 57.8 Å². The topological polar surface area (TPSA) is 108 Å². The van der Waals surface area contributed by atoms with Crippen molar-refractivity contribution < 1.29 is 42.1 Å². The maximum Gasteiger partial charge on any atom is 0.472 e. The van der Waals surface area contributed by atoms with Gasteiger partial charge in [-0.3, -0.25) is 18.6 Å². The number of hydrogen-bond donors (Lipinski definition) is 1. The van der Waals surface area contributed by atoms with Crippen molar-refractivity contribution in [3.8, 4) is 0 Å². The molecule has 9 nitrogen and oxygen atoms in total. The van der Waals surface area contributed by atoms with Crippen LogP contribution in [0.4, 0.5) is 0 Å². The van der Waals surface area contributed by atoms with E-state index in [1.807, 2.05) is 21.1 Å². The molecule has 0 rings (SSSR count). The highest BCUT2D eigenvalue weighted by Crippen LogP contribution is 2.43. The number of unbranched alkanes of at least 4 members (excludes halogenated alkanes) is 23. The van der Waals surface area contributed by atoms with E-state index in [9.17, 15) is 19.0 Å². The van der Waals surface area contributed by atoms with Crippen LogP contribution in [0.25, 0.3) is 0 Å². The predicted octanol–water partition coefficient (Wildman–Crippen LogP) is 15.6. The maximum absolute atomic E-state index is 12.8. The van der Waals surface area contributed by atoms with Gasteiger partial charge in [0.15, 0.2) is 6.10 Å². The van der Waals surface area contributed by atoms with Crippen molar-refractivity contribution in [1.82, 2.24) is 0 Å². The van der Waals surface area contributed by atoms with Gasteiger partial charge in [0.05, 0.1) is 27.7 Å². The van der Waals surface area contributed by atoms with E-state index in [0.29, 0.717) is 23.9 Å². The second-order valence-electron chi connectivity index (χ2n) is 18.5. The Bertz CT molecular complexity index is 1270. The molecule has 0 aliphatic carbocycles. The average molecular weight is 921 g/mol. The number of rotatable bonds is 47. The lowest BCUT2D eigenvalue weighted by Crippen LogP contribution is -2.37. The molecular weight excluding hydrogens is 822 g/mol. The van der Waals surface area contributed by atoms with Crippen LogP contribution in [0.2, 0.25) is 0 Å². The number of phosphoric acid groups is 1. The number of allylic oxidation sites excluding steroid dienone is 10. The first-order chi connectivity index (χ1) is 31.0. The summed E-state index contributed by atoms with van der Waals surface area (Å²) in [5, 5.41) is 0. The van der Waals surface area contributed by atoms with Crippen LogP contribution in [0, 0.1) is 0 Å². The van der Waals surface area contributed by atoms with Crippen LogP contribution >= 0.6 is 7.82 Å². The zero-order valence-corrected chi connectivity index (χ0v) is 42.9. The van der Waals surface area contributed by atoms with Gasteiger partial charge in [0.25, 0.3) is 0 Å². The molecule has 64 heavy (non-hydrogen) atoms. The van der Waals surface area contributed by atoms with Crippen LogP contribution in [0.1, 0.15) is 219 Å². The molecule has 2 unspecified atom stereocenters. The summed E-state index contributed by atoms with van der Waals surface area (Å²) in [6.07, 6.45) is 57.1. The van der Waals surface area contributed by atoms with Gasteiger partial charge < -0.3 is 18.9 Å². The van der Waals surface area contributed by atoms with Gasteiger partial charge in [0.1, 0.15) is 19.8 Å². The van der Waals surface area contributed by atoms with Crippen LogP contribution < -0.4 is 0 Å². The molecule has 0 radical (unpaired) electrons. The van der Waals surface area contributed by atoms with E-state index in [0.717, 1.165) is 70.6 Å². The van der Waals surface area contributed by atoms with E-state index < -0.39 is 26.5 Å². The zero-order valence-electron chi connectivity index (χ0n) is 42.0. The number of quaternary nitrogens is 1. The van der Waals surface area contributed by atoms with Crippen molar-refractivity contribution >= 4 is 19.8 Å². The normalized spacial score (nSPS) is 13.9. The number of phosphoric ester groups is 1. The maximum atomic E-state index is 12.8. The molecular formula is C54H99NO8P+. The van der Waals surface area contributed by atoms with Crippen LogP contribution in [0.5, 0.6) is 0 Å². The number of hydrogen-bond acceptors (Lipinski definition) is 7. The molecule has 0 aliphatic rings. The largest absolute Gasteiger partial charge is 0.472 e. The fraction of sp³-hybridized carbons (Fsp3) is 0.778. The average Bonchev–Trinajstić information content (AvgIpc) is 3.25. The Kier molecular flexibility index (Phi) is 44.2. The highest BCUT2D eigenvalue weighted by molar-refractivity contribution is 7.47. The predicted molar refractivity (Wildman–Crippen MR) is 270 cm³/mol. The van der Waals surface area contributed by atoms with E-state index in [1.165, 1.54) is 116 Å². The van der Waals surface area contributed by atoms with Crippen LogP contribution in [-0.2, 0) is 32.7 Å². The molecule has 0 aromatic rings. The van der Waals surface area contributed by atoms with Crippen LogP contribution in [-0.4, -0.2) is 74.9 Å². The first kappa shape index (κ1) is 61.7. The fourth-order valence-corrected chi connectivity index (χ4v) is 7.78. The van der Waals surface area contributed by atoms with Gasteiger partial charge in [-0.15, -0.1) is 0 Å². The molecule has 0 heterocycles. The number of ether oxygens (including phenoxy) is 2. The fourth-order valence-electron chi connectivity index (χ4n) is 7.04. The minimum Gasteiger partial charge on any atom is -0.462 e. The first-order valence-corrected chi connectivity index (χ1v) is 27.5. The summed E-state index contributed by atoms with van der Waals surface area (Å²) in [6, 6.07) is 0. The summed E-state index contributed by atoms with van der Waals surface area (Å²) in [4.78, 5) is 35.5. The number of esters is 2. The summed E-state index contributed by atoms with van der Waals surface area (Å²) in [7, 11) is 1.48. The number of likely N-dealkylation sites (N-methyl/N-ethyl adjacent to an activating group) is 1. The molecule has 0 fully saturated rings. The molecule has 0 bridgehead atoms. The molecule has 1 N–H and O–H groups in total. The molecule has 0 aliphatic heterocycles. The lowest BCUT2D eigenvalue weighted by Gasteiger charge is -2.24. The Balaban J connectivity index is 4.11. The highest BCUT2D eigenvalue weighted by atomic mass is 31.2. The lowest BCUT2D eigenvalue weighted by molar-refractivity contribution is -0.870. The first-order valence-electron chi connectivity index (χ1n) is 26.0. The Labute approximate surface area is 394 Å². The molecule has 0 amide bonds. The second-order valence-corrected chi connectivity index (χ2v) is 20.0. The SMILES string of the molecule is CC/C=C\C/C=C\C/C=C\C/C=C\C/C=C\CCCCCCCCCCCCCCCC(=O)OC(COC(=O)CCCCCCCCCCCCC)COP(=O)(O)OCC[N+](C)(C)C. The number of nitrogens with zero attached hydrogens (tertiary/aromatic N) is 1. The van der Waals surface area contributed by atoms with E-state index in [1.54, 1.807) is 0 Å². The van der Waals surface area contributed by atoms with E-state index >= 15 is 0 Å². The number of carbonyl (C=O) groups excluding carboxylic acids is 2. The quantitative estimate of drug-likeness (QED) is 0.0211. The van der Waals surface area contributed by atoms with Crippen molar-refractivity contribution in [3.05, 3.63) is 60.8 Å². The molecule has 0 saturated carbocycles. The van der Waals surface area contributed by atoms with E-state index in [4.69, 9.17) is 18.5 Å². The van der Waals surface area contributed by atoms with Gasteiger partial charge >= 0.3 is 19.8 Å². The minimum absolute atomic E-state index is 0.0313. The molecule has 372 valence electrons. The van der Waals surface area contributed by atoms with Gasteiger partial charge in [-0.25, -0.2) is 4.57 Å². The summed E-state index contributed by atoms with van der Waals surface area (Å²) in [5.41, 5.74) is 0. The minimum atomic E-state index is -4.38. The molecule has 0 saturated heterocycles. The summed E-state index contributed by atoms with van der Waals surface area (Å²) in [6.45, 7) is 4.31. The monoisotopic (exact) mass is 921 g/mol. The van der Waals surface area contributed by atoms with Gasteiger partial charge in [0.2, 0.25) is 0 Å². The Hall–Kier alpha value is -2.29. The lowest BCUT2D eigenvalue weighted by atomic mass is 10.0. The second kappa shape index (κ2) is 45.8. The third-order valence-corrected chi connectivity index (χ3v) is 12.0. The van der Waals surface area contributed by atoms with Crippen molar-refractivity contribution in [2.24, 2.45) is 0 Å². The smallest absolute Gasteiger partial charge is 0.462 e. The van der Waals surface area contributed by atoms with Crippen molar-refractivity contribution in [1.29, 1.82) is 0 Å². The Morgan fingerprint density at radius 2 is 0.891 bits per heavy atom.